The number of nitrogens with one attached hydrogen (secondary N) is 2. The molecule has 0 radical (unpaired) electrons. The molecular formula is C23H24FN7O3. The number of nitrogen functional groups attached to an aromatic ring is 1. The van der Waals surface area contributed by atoms with Crippen molar-refractivity contribution in [2.75, 3.05) is 5.43 Å². The molecule has 6 N–H and O–H groups in total. The van der Waals surface area contributed by atoms with Crippen LogP contribution in [0.2, 0.25) is 0 Å². The zero-order valence-electron chi connectivity index (χ0n) is 18.3. The summed E-state index contributed by atoms with van der Waals surface area (Å²) >= 11 is 0. The van der Waals surface area contributed by atoms with Crippen LogP contribution in [0, 0.1) is 11.2 Å². The molecule has 2 aliphatic heterocycles. The van der Waals surface area contributed by atoms with E-state index in [1.807, 2.05) is 12.1 Å². The van der Waals surface area contributed by atoms with Gasteiger partial charge in [0.1, 0.15) is 30.2 Å². The Labute approximate surface area is 194 Å². The van der Waals surface area contributed by atoms with Crippen molar-refractivity contribution in [3.05, 3.63) is 65.5 Å². The van der Waals surface area contributed by atoms with E-state index >= 15 is 0 Å². The van der Waals surface area contributed by atoms with Crippen LogP contribution in [0.3, 0.4) is 0 Å². The van der Waals surface area contributed by atoms with Gasteiger partial charge in [-0.1, -0.05) is 24.3 Å². The molecule has 1 saturated heterocycles. The SMILES string of the molecule is C[C@H]1O[C@@H](n2nc(-c3ccc(C(=N)N)cc3)c3c2N=CN(Nc2ccc(F)cc2)C3)[C@H](O)[C@@H]1O. The predicted molar refractivity (Wildman–Crippen MR) is 124 cm³/mol. The van der Waals surface area contributed by atoms with Gasteiger partial charge in [0.15, 0.2) is 12.0 Å². The molecule has 4 atom stereocenters. The molecule has 0 saturated carbocycles. The molecular weight excluding hydrogens is 441 g/mol. The van der Waals surface area contributed by atoms with Gasteiger partial charge in [0.05, 0.1) is 24.0 Å². The fourth-order valence-electron chi connectivity index (χ4n) is 4.08. The molecule has 3 aromatic rings. The second kappa shape index (κ2) is 8.52. The summed E-state index contributed by atoms with van der Waals surface area (Å²) in [6.45, 7) is 2.05. The van der Waals surface area contributed by atoms with E-state index in [1.165, 1.54) is 16.8 Å². The maximum absolute atomic E-state index is 13.3. The Balaban J connectivity index is 1.53. The number of aliphatic hydroxyl groups excluding tert-OH is 2. The van der Waals surface area contributed by atoms with Crippen LogP contribution in [0.5, 0.6) is 0 Å². The van der Waals surface area contributed by atoms with Crippen molar-refractivity contribution >= 4 is 23.7 Å². The van der Waals surface area contributed by atoms with Crippen LogP contribution in [0.15, 0.2) is 53.5 Å². The van der Waals surface area contributed by atoms with Crippen LogP contribution in [0.25, 0.3) is 11.3 Å². The number of aliphatic imine (C=N–C) groups is 1. The topological polar surface area (TPSA) is 145 Å². The number of hydrogen-bond donors (Lipinski definition) is 5. The number of aromatic nitrogens is 2. The van der Waals surface area contributed by atoms with Gasteiger partial charge in [0, 0.05) is 16.7 Å². The van der Waals surface area contributed by atoms with Gasteiger partial charge in [0.2, 0.25) is 0 Å². The first-order valence-corrected chi connectivity index (χ1v) is 10.7. The van der Waals surface area contributed by atoms with Crippen LogP contribution in [-0.4, -0.2) is 55.5 Å². The Morgan fingerprint density at radius 2 is 1.85 bits per heavy atom. The molecule has 0 bridgehead atoms. The first-order chi connectivity index (χ1) is 16.3. The van der Waals surface area contributed by atoms with E-state index in [0.717, 1.165) is 11.1 Å². The molecule has 0 spiro atoms. The third-order valence-electron chi connectivity index (χ3n) is 5.93. The molecule has 5 rings (SSSR count). The van der Waals surface area contributed by atoms with Crippen molar-refractivity contribution in [2.45, 2.75) is 38.0 Å². The van der Waals surface area contributed by atoms with Crippen LogP contribution in [-0.2, 0) is 11.3 Å². The minimum absolute atomic E-state index is 0.0381. The maximum atomic E-state index is 13.3. The number of hydrazine groups is 1. The summed E-state index contributed by atoms with van der Waals surface area (Å²) in [5.41, 5.74) is 12.2. The lowest BCUT2D eigenvalue weighted by Crippen LogP contribution is -2.32. The molecule has 0 aliphatic carbocycles. The average Bonchev–Trinajstić information content (AvgIpc) is 3.33. The number of halogens is 1. The lowest BCUT2D eigenvalue weighted by Gasteiger charge is -2.25. The summed E-state index contributed by atoms with van der Waals surface area (Å²) in [7, 11) is 0. The van der Waals surface area contributed by atoms with Crippen molar-refractivity contribution in [3.63, 3.8) is 0 Å². The van der Waals surface area contributed by atoms with E-state index < -0.39 is 24.5 Å². The minimum Gasteiger partial charge on any atom is -0.388 e. The highest BCUT2D eigenvalue weighted by atomic mass is 19.1. The highest BCUT2D eigenvalue weighted by molar-refractivity contribution is 5.95. The fourth-order valence-corrected chi connectivity index (χ4v) is 4.08. The third kappa shape index (κ3) is 3.89. The van der Waals surface area contributed by atoms with E-state index in [2.05, 4.69) is 10.4 Å². The van der Waals surface area contributed by atoms with Crippen molar-refractivity contribution in [3.8, 4) is 11.3 Å². The standard InChI is InChI=1S/C23H24FN7O3/c1-12-19(32)20(33)23(34-12)31-22-17(18(29-31)13-2-4-14(5-3-13)21(25)26)10-30(11-27-22)28-16-8-6-15(24)7-9-16/h2-9,11-12,19-20,23,28,32-33H,10H2,1H3,(H3,25,26)/t12-,19-,20-,23-/m1/s1. The summed E-state index contributed by atoms with van der Waals surface area (Å²) in [4.78, 5) is 4.55. The van der Waals surface area contributed by atoms with Gasteiger partial charge >= 0.3 is 0 Å². The second-order valence-corrected chi connectivity index (χ2v) is 8.29. The van der Waals surface area contributed by atoms with E-state index in [4.69, 9.17) is 21.0 Å². The summed E-state index contributed by atoms with van der Waals surface area (Å²) in [6, 6.07) is 13.0. The molecule has 11 heteroatoms. The third-order valence-corrected chi connectivity index (χ3v) is 5.93. The number of nitrogens with zero attached hydrogens (tertiary/aromatic N) is 4. The first-order valence-electron chi connectivity index (χ1n) is 10.7. The number of aliphatic hydroxyl groups is 2. The number of benzene rings is 2. The number of rotatable bonds is 5. The van der Waals surface area contributed by atoms with Gasteiger partial charge in [-0.25, -0.2) is 14.1 Å². The highest BCUT2D eigenvalue weighted by Crippen LogP contribution is 2.39. The number of hydrogen-bond acceptors (Lipinski definition) is 8. The second-order valence-electron chi connectivity index (χ2n) is 8.29. The van der Waals surface area contributed by atoms with Crippen molar-refractivity contribution in [2.24, 2.45) is 10.7 Å². The van der Waals surface area contributed by atoms with Crippen LogP contribution in [0.4, 0.5) is 15.9 Å². The van der Waals surface area contributed by atoms with E-state index in [9.17, 15) is 14.6 Å². The van der Waals surface area contributed by atoms with E-state index in [0.29, 0.717) is 29.3 Å². The van der Waals surface area contributed by atoms with Crippen LogP contribution < -0.4 is 11.2 Å². The number of amidine groups is 1. The molecule has 3 heterocycles. The maximum Gasteiger partial charge on any atom is 0.181 e. The van der Waals surface area contributed by atoms with Crippen molar-refractivity contribution in [1.82, 2.24) is 14.8 Å². The monoisotopic (exact) mass is 465 g/mol. The number of fused-ring (bicyclic) bond motifs is 1. The predicted octanol–water partition coefficient (Wildman–Crippen LogP) is 2.11. The van der Waals surface area contributed by atoms with Gasteiger partial charge in [0.25, 0.3) is 0 Å². The molecule has 176 valence electrons. The molecule has 2 aliphatic rings. The number of nitrogens with two attached hydrogens (primary N) is 1. The Morgan fingerprint density at radius 3 is 2.47 bits per heavy atom. The molecule has 10 nitrogen and oxygen atoms in total. The Bertz CT molecular complexity index is 1240. The highest BCUT2D eigenvalue weighted by Gasteiger charge is 2.43. The zero-order valence-corrected chi connectivity index (χ0v) is 18.3. The molecule has 0 amide bonds. The zero-order chi connectivity index (χ0) is 24.0. The number of ether oxygens (including phenoxy) is 1. The van der Waals surface area contributed by atoms with Gasteiger partial charge < -0.3 is 20.7 Å². The van der Waals surface area contributed by atoms with Gasteiger partial charge in [-0.3, -0.25) is 15.8 Å². The summed E-state index contributed by atoms with van der Waals surface area (Å²) in [5, 5.41) is 34.8. The summed E-state index contributed by atoms with van der Waals surface area (Å²) in [6.07, 6.45) is -2.11. The lowest BCUT2D eigenvalue weighted by molar-refractivity contribution is -0.0384. The van der Waals surface area contributed by atoms with Crippen LogP contribution >= 0.6 is 0 Å². The smallest absolute Gasteiger partial charge is 0.181 e. The lowest BCUT2D eigenvalue weighted by atomic mass is 10.0. The van der Waals surface area contributed by atoms with Crippen LogP contribution in [0.1, 0.15) is 24.3 Å². The van der Waals surface area contributed by atoms with Gasteiger partial charge in [-0.2, -0.15) is 5.10 Å². The molecule has 1 aromatic heterocycles. The summed E-state index contributed by atoms with van der Waals surface area (Å²) < 4.78 is 20.6. The van der Waals surface area contributed by atoms with E-state index in [1.54, 1.807) is 42.5 Å². The molecule has 2 aromatic carbocycles. The molecule has 34 heavy (non-hydrogen) atoms. The van der Waals surface area contributed by atoms with Crippen molar-refractivity contribution < 1.29 is 19.3 Å². The molecule has 0 unspecified atom stereocenters. The minimum atomic E-state index is -1.17. The first kappa shape index (κ1) is 22.0. The van der Waals surface area contributed by atoms with Crippen molar-refractivity contribution in [1.29, 1.82) is 5.41 Å². The quantitative estimate of drug-likeness (QED) is 0.287. The fraction of sp³-hybridized carbons (Fsp3) is 0.261. The molecule has 1 fully saturated rings. The Hall–Kier alpha value is -3.80. The summed E-state index contributed by atoms with van der Waals surface area (Å²) in [5.74, 6) is 0.126. The van der Waals surface area contributed by atoms with E-state index in [-0.39, 0.29) is 11.7 Å². The largest absolute Gasteiger partial charge is 0.388 e. The normalized spacial score (nSPS) is 23.7. The number of anilines is 1. The Kier molecular flexibility index (Phi) is 5.52. The van der Waals surface area contributed by atoms with Gasteiger partial charge in [-0.15, -0.1) is 0 Å². The average molecular weight is 465 g/mol. The van der Waals surface area contributed by atoms with Gasteiger partial charge in [-0.05, 0) is 31.2 Å². The Morgan fingerprint density at radius 1 is 1.15 bits per heavy atom.